The average Bonchev–Trinajstić information content (AvgIpc) is 2.68. The van der Waals surface area contributed by atoms with Gasteiger partial charge in [0.2, 0.25) is 0 Å². The quantitative estimate of drug-likeness (QED) is 0.693. The predicted molar refractivity (Wildman–Crippen MR) is 92.8 cm³/mol. The molecule has 3 aromatic heterocycles. The first-order valence-electron chi connectivity index (χ1n) is 7.85. The Balaban J connectivity index is 1.91. The molecule has 7 nitrogen and oxygen atoms in total. The fourth-order valence-corrected chi connectivity index (χ4v) is 2.20. The van der Waals surface area contributed by atoms with Crippen LogP contribution in [-0.4, -0.2) is 32.5 Å². The van der Waals surface area contributed by atoms with Crippen LogP contribution in [0.15, 0.2) is 55.2 Å². The number of nitrogens with zero attached hydrogens (tertiary/aromatic N) is 4. The number of ether oxygens (including phenoxy) is 1. The second-order valence-electron chi connectivity index (χ2n) is 5.12. The molecule has 0 unspecified atom stereocenters. The first-order valence-corrected chi connectivity index (χ1v) is 7.85. The summed E-state index contributed by atoms with van der Waals surface area (Å²) in [7, 11) is 0. The number of anilines is 1. The summed E-state index contributed by atoms with van der Waals surface area (Å²) in [5.41, 5.74) is 2.14. The zero-order chi connectivity index (χ0) is 17.5. The lowest BCUT2D eigenvalue weighted by Gasteiger charge is -2.11. The molecule has 7 heteroatoms. The number of hydrogen-bond acceptors (Lipinski definition) is 7. The molecule has 1 N–H and O–H groups in total. The molecule has 0 radical (unpaired) electrons. The van der Waals surface area contributed by atoms with Crippen molar-refractivity contribution >= 4 is 11.8 Å². The fourth-order valence-electron chi connectivity index (χ4n) is 2.20. The maximum Gasteiger partial charge on any atom is 0.343 e. The third-order valence-corrected chi connectivity index (χ3v) is 3.43. The highest BCUT2D eigenvalue weighted by atomic mass is 16.5. The van der Waals surface area contributed by atoms with Crippen LogP contribution in [0.1, 0.15) is 22.8 Å². The Bertz CT molecular complexity index is 841. The van der Waals surface area contributed by atoms with E-state index in [1.807, 2.05) is 24.3 Å². The van der Waals surface area contributed by atoms with Gasteiger partial charge in [0.1, 0.15) is 11.4 Å². The minimum atomic E-state index is -0.457. The summed E-state index contributed by atoms with van der Waals surface area (Å²) in [5.74, 6) is 0.478. The van der Waals surface area contributed by atoms with Gasteiger partial charge in [0.25, 0.3) is 0 Å². The van der Waals surface area contributed by atoms with Gasteiger partial charge in [-0.05, 0) is 36.8 Å². The number of hydrogen-bond donors (Lipinski definition) is 1. The first kappa shape index (κ1) is 16.5. The Morgan fingerprint density at radius 1 is 1.08 bits per heavy atom. The molecule has 0 amide bonds. The molecule has 25 heavy (non-hydrogen) atoms. The van der Waals surface area contributed by atoms with Crippen molar-refractivity contribution in [2.75, 3.05) is 11.9 Å². The van der Waals surface area contributed by atoms with E-state index in [1.165, 1.54) is 6.20 Å². The van der Waals surface area contributed by atoms with Crippen LogP contribution in [0.2, 0.25) is 0 Å². The molecular formula is C18H17N5O2. The highest BCUT2D eigenvalue weighted by molar-refractivity contribution is 5.94. The molecule has 0 saturated carbocycles. The lowest BCUT2D eigenvalue weighted by atomic mass is 10.2. The maximum absolute atomic E-state index is 12.2. The van der Waals surface area contributed by atoms with Crippen LogP contribution in [0, 0.1) is 0 Å². The van der Waals surface area contributed by atoms with Gasteiger partial charge in [0, 0.05) is 43.1 Å². The monoisotopic (exact) mass is 335 g/mol. The Morgan fingerprint density at radius 3 is 2.44 bits per heavy atom. The molecule has 0 aromatic carbocycles. The Hall–Kier alpha value is -3.35. The summed E-state index contributed by atoms with van der Waals surface area (Å²) < 4.78 is 5.09. The highest BCUT2D eigenvalue weighted by Gasteiger charge is 2.16. The van der Waals surface area contributed by atoms with Gasteiger partial charge in [-0.2, -0.15) is 0 Å². The minimum absolute atomic E-state index is 0.286. The summed E-state index contributed by atoms with van der Waals surface area (Å²) >= 11 is 0. The van der Waals surface area contributed by atoms with Crippen molar-refractivity contribution in [3.8, 4) is 11.4 Å². The van der Waals surface area contributed by atoms with Gasteiger partial charge in [-0.15, -0.1) is 0 Å². The Kier molecular flexibility index (Phi) is 5.26. The van der Waals surface area contributed by atoms with Gasteiger partial charge in [-0.1, -0.05) is 0 Å². The van der Waals surface area contributed by atoms with Gasteiger partial charge < -0.3 is 10.1 Å². The van der Waals surface area contributed by atoms with Gasteiger partial charge in [-0.3, -0.25) is 9.97 Å². The second-order valence-corrected chi connectivity index (χ2v) is 5.12. The highest BCUT2D eigenvalue weighted by Crippen LogP contribution is 2.20. The van der Waals surface area contributed by atoms with Crippen molar-refractivity contribution in [2.24, 2.45) is 0 Å². The van der Waals surface area contributed by atoms with Gasteiger partial charge in [0.05, 0.1) is 6.61 Å². The SMILES string of the molecule is CCOC(=O)c1cnc(-c2ccncc2)nc1NCc1ccncc1. The van der Waals surface area contributed by atoms with E-state index in [9.17, 15) is 4.79 Å². The molecule has 0 bridgehead atoms. The normalized spacial score (nSPS) is 10.3. The number of nitrogens with one attached hydrogen (secondary N) is 1. The summed E-state index contributed by atoms with van der Waals surface area (Å²) in [6.45, 7) is 2.55. The molecule has 3 heterocycles. The molecular weight excluding hydrogens is 318 g/mol. The number of carbonyl (C=O) groups excluding carboxylic acids is 1. The van der Waals surface area contributed by atoms with E-state index < -0.39 is 5.97 Å². The third-order valence-electron chi connectivity index (χ3n) is 3.43. The van der Waals surface area contributed by atoms with Crippen molar-refractivity contribution in [1.82, 2.24) is 19.9 Å². The summed E-state index contributed by atoms with van der Waals surface area (Å²) in [4.78, 5) is 28.9. The van der Waals surface area contributed by atoms with Gasteiger partial charge >= 0.3 is 5.97 Å². The lowest BCUT2D eigenvalue weighted by molar-refractivity contribution is 0.0526. The zero-order valence-electron chi connectivity index (χ0n) is 13.7. The average molecular weight is 335 g/mol. The number of pyridine rings is 2. The molecule has 3 aromatic rings. The van der Waals surface area contributed by atoms with E-state index in [1.54, 1.807) is 31.7 Å². The van der Waals surface area contributed by atoms with Crippen LogP contribution in [0.3, 0.4) is 0 Å². The molecule has 0 fully saturated rings. The van der Waals surface area contributed by atoms with E-state index in [4.69, 9.17) is 4.74 Å². The van der Waals surface area contributed by atoms with Crippen LogP contribution in [-0.2, 0) is 11.3 Å². The van der Waals surface area contributed by atoms with Crippen molar-refractivity contribution in [1.29, 1.82) is 0 Å². The van der Waals surface area contributed by atoms with Crippen LogP contribution in [0.25, 0.3) is 11.4 Å². The van der Waals surface area contributed by atoms with Crippen molar-refractivity contribution < 1.29 is 9.53 Å². The van der Waals surface area contributed by atoms with Gasteiger partial charge in [0.15, 0.2) is 5.82 Å². The van der Waals surface area contributed by atoms with Crippen LogP contribution < -0.4 is 5.32 Å². The zero-order valence-corrected chi connectivity index (χ0v) is 13.7. The van der Waals surface area contributed by atoms with Crippen LogP contribution in [0.4, 0.5) is 5.82 Å². The van der Waals surface area contributed by atoms with E-state index in [0.29, 0.717) is 23.8 Å². The molecule has 3 rings (SSSR count). The van der Waals surface area contributed by atoms with E-state index >= 15 is 0 Å². The lowest BCUT2D eigenvalue weighted by Crippen LogP contribution is -2.13. The maximum atomic E-state index is 12.2. The summed E-state index contributed by atoms with van der Waals surface area (Å²) in [6, 6.07) is 7.40. The third kappa shape index (κ3) is 4.14. The van der Waals surface area contributed by atoms with Crippen molar-refractivity contribution in [2.45, 2.75) is 13.5 Å². The minimum Gasteiger partial charge on any atom is -0.462 e. The summed E-state index contributed by atoms with van der Waals surface area (Å²) in [6.07, 6.45) is 8.25. The predicted octanol–water partition coefficient (Wildman–Crippen LogP) is 2.72. The Morgan fingerprint density at radius 2 is 1.76 bits per heavy atom. The van der Waals surface area contributed by atoms with Gasteiger partial charge in [-0.25, -0.2) is 14.8 Å². The molecule has 0 aliphatic carbocycles. The number of esters is 1. The first-order chi connectivity index (χ1) is 12.3. The standard InChI is InChI=1S/C18H17N5O2/c1-2-25-18(24)15-12-22-16(14-5-9-20-10-6-14)23-17(15)21-11-13-3-7-19-8-4-13/h3-10,12H,2,11H2,1H3,(H,21,22,23). The van der Waals surface area contributed by atoms with E-state index in [2.05, 4.69) is 25.3 Å². The number of aromatic nitrogens is 4. The number of carbonyl (C=O) groups is 1. The van der Waals surface area contributed by atoms with E-state index in [-0.39, 0.29) is 6.61 Å². The van der Waals surface area contributed by atoms with Crippen molar-refractivity contribution in [3.63, 3.8) is 0 Å². The van der Waals surface area contributed by atoms with Crippen LogP contribution in [0.5, 0.6) is 0 Å². The molecule has 0 aliphatic heterocycles. The van der Waals surface area contributed by atoms with Crippen molar-refractivity contribution in [3.05, 3.63) is 66.4 Å². The topological polar surface area (TPSA) is 89.9 Å². The fraction of sp³-hybridized carbons (Fsp3) is 0.167. The molecule has 0 aliphatic rings. The smallest absolute Gasteiger partial charge is 0.343 e. The number of rotatable bonds is 6. The largest absolute Gasteiger partial charge is 0.462 e. The van der Waals surface area contributed by atoms with Crippen LogP contribution >= 0.6 is 0 Å². The molecule has 0 atom stereocenters. The molecule has 126 valence electrons. The molecule has 0 saturated heterocycles. The Labute approximate surface area is 145 Å². The second kappa shape index (κ2) is 7.96. The summed E-state index contributed by atoms with van der Waals surface area (Å²) in [5, 5.41) is 3.18. The molecule has 0 spiro atoms. The van der Waals surface area contributed by atoms with E-state index in [0.717, 1.165) is 11.1 Å².